The molecule has 0 amide bonds. The first kappa shape index (κ1) is 14.2. The van der Waals surface area contributed by atoms with Crippen LogP contribution in [0.2, 0.25) is 0 Å². The molecule has 3 nitrogen and oxygen atoms in total. The van der Waals surface area contributed by atoms with Crippen LogP contribution in [-0.4, -0.2) is 0 Å². The Balaban J connectivity index is 1.82. The van der Waals surface area contributed by atoms with E-state index in [0.29, 0.717) is 17.2 Å². The molecular weight excluding hydrogens is 292 g/mol. The third kappa shape index (κ3) is 3.27. The predicted molar refractivity (Wildman–Crippen MR) is 89.7 cm³/mol. The first-order chi connectivity index (χ1) is 10.7. The summed E-state index contributed by atoms with van der Waals surface area (Å²) in [5.74, 6) is 0.728. The van der Waals surface area contributed by atoms with Crippen LogP contribution in [-0.2, 0) is 6.61 Å². The summed E-state index contributed by atoms with van der Waals surface area (Å²) in [6.45, 7) is 0.498. The van der Waals surface area contributed by atoms with Crippen molar-refractivity contribution in [3.8, 4) is 22.3 Å². The highest BCUT2D eigenvalue weighted by Gasteiger charge is 2.06. The molecule has 0 spiro atoms. The molecule has 2 N–H and O–H groups in total. The van der Waals surface area contributed by atoms with E-state index < -0.39 is 0 Å². The lowest BCUT2D eigenvalue weighted by Crippen LogP contribution is -1.96. The van der Waals surface area contributed by atoms with Crippen LogP contribution in [0.5, 0.6) is 5.75 Å². The summed E-state index contributed by atoms with van der Waals surface area (Å²) in [5.41, 5.74) is 8.68. The van der Waals surface area contributed by atoms with Crippen molar-refractivity contribution in [3.05, 3.63) is 71.1 Å². The van der Waals surface area contributed by atoms with E-state index in [1.54, 1.807) is 0 Å². The topological polar surface area (TPSA) is 59.0 Å². The second-order valence-electron chi connectivity index (χ2n) is 4.84. The quantitative estimate of drug-likeness (QED) is 0.724. The highest BCUT2D eigenvalue weighted by Crippen LogP contribution is 2.32. The minimum Gasteiger partial charge on any atom is -0.489 e. The number of nitrogens with zero attached hydrogens (tertiary/aromatic N) is 1. The molecule has 0 unspecified atom stereocenters. The van der Waals surface area contributed by atoms with Gasteiger partial charge in [-0.15, -0.1) is 11.3 Å². The molecule has 0 saturated carbocycles. The number of nitrogens with two attached hydrogens (primary N) is 1. The van der Waals surface area contributed by atoms with Gasteiger partial charge in [0.2, 0.25) is 0 Å². The van der Waals surface area contributed by atoms with Crippen LogP contribution in [0.1, 0.15) is 10.4 Å². The van der Waals surface area contributed by atoms with Crippen LogP contribution in [0.4, 0.5) is 5.69 Å². The first-order valence-electron chi connectivity index (χ1n) is 6.82. The zero-order valence-electron chi connectivity index (χ0n) is 11.8. The number of nitriles is 1. The Bertz CT molecular complexity index is 819. The van der Waals surface area contributed by atoms with Gasteiger partial charge < -0.3 is 10.5 Å². The maximum atomic E-state index is 8.93. The fourth-order valence-corrected chi connectivity index (χ4v) is 2.93. The Hall–Kier alpha value is -2.77. The zero-order valence-corrected chi connectivity index (χ0v) is 12.6. The maximum absolute atomic E-state index is 8.93. The molecule has 0 bridgehead atoms. The first-order valence-corrected chi connectivity index (χ1v) is 7.64. The van der Waals surface area contributed by atoms with Gasteiger partial charge in [0, 0.05) is 16.6 Å². The van der Waals surface area contributed by atoms with Crippen LogP contribution >= 0.6 is 11.3 Å². The molecule has 3 rings (SSSR count). The molecule has 0 radical (unpaired) electrons. The van der Waals surface area contributed by atoms with Crippen molar-refractivity contribution in [1.82, 2.24) is 0 Å². The van der Waals surface area contributed by atoms with Gasteiger partial charge in [0.15, 0.2) is 0 Å². The third-order valence-corrected chi connectivity index (χ3v) is 4.22. The van der Waals surface area contributed by atoms with Crippen LogP contribution < -0.4 is 10.5 Å². The number of hydrogen-bond donors (Lipinski definition) is 1. The molecule has 22 heavy (non-hydrogen) atoms. The number of anilines is 1. The molecule has 0 fully saturated rings. The smallest absolute Gasteiger partial charge is 0.122 e. The molecular formula is C18H14N2OS. The molecule has 108 valence electrons. The Kier molecular flexibility index (Phi) is 4.08. The summed E-state index contributed by atoms with van der Waals surface area (Å²) in [6, 6.07) is 21.5. The Labute approximate surface area is 133 Å². The summed E-state index contributed by atoms with van der Waals surface area (Å²) in [6.07, 6.45) is 0. The van der Waals surface area contributed by atoms with Crippen molar-refractivity contribution >= 4 is 17.0 Å². The van der Waals surface area contributed by atoms with Gasteiger partial charge in [-0.3, -0.25) is 0 Å². The second kappa shape index (κ2) is 6.33. The predicted octanol–water partition coefficient (Wildman–Crippen LogP) is 4.45. The summed E-state index contributed by atoms with van der Waals surface area (Å²) in [7, 11) is 0. The van der Waals surface area contributed by atoms with E-state index >= 15 is 0 Å². The van der Waals surface area contributed by atoms with Gasteiger partial charge in [0.05, 0.1) is 0 Å². The number of rotatable bonds is 4. The molecule has 3 aromatic rings. The van der Waals surface area contributed by atoms with Crippen molar-refractivity contribution in [2.75, 3.05) is 5.73 Å². The normalized spacial score (nSPS) is 10.1. The number of thiophene rings is 1. The standard InChI is InChI=1S/C18H14N2OS/c19-11-17-6-7-18(22-17)14-8-15(20)10-16(9-14)21-12-13-4-2-1-3-5-13/h1-10H,12,20H2. The molecule has 0 atom stereocenters. The zero-order chi connectivity index (χ0) is 15.4. The van der Waals surface area contributed by atoms with Gasteiger partial charge in [-0.05, 0) is 35.4 Å². The van der Waals surface area contributed by atoms with E-state index in [-0.39, 0.29) is 0 Å². The SMILES string of the molecule is N#Cc1ccc(-c2cc(N)cc(OCc3ccccc3)c2)s1. The number of benzene rings is 2. The van der Waals surface area contributed by atoms with Gasteiger partial charge >= 0.3 is 0 Å². The maximum Gasteiger partial charge on any atom is 0.122 e. The second-order valence-corrected chi connectivity index (χ2v) is 5.92. The molecule has 1 aromatic heterocycles. The summed E-state index contributed by atoms with van der Waals surface area (Å²) >= 11 is 1.45. The van der Waals surface area contributed by atoms with Crippen molar-refractivity contribution < 1.29 is 4.74 Å². The van der Waals surface area contributed by atoms with E-state index in [2.05, 4.69) is 6.07 Å². The molecule has 0 aliphatic heterocycles. The minimum atomic E-state index is 0.498. The van der Waals surface area contributed by atoms with Crippen LogP contribution in [0.15, 0.2) is 60.7 Å². The van der Waals surface area contributed by atoms with Gasteiger partial charge in [0.1, 0.15) is 23.3 Å². The molecule has 0 saturated heterocycles. The average molecular weight is 306 g/mol. The minimum absolute atomic E-state index is 0.498. The number of ether oxygens (including phenoxy) is 1. The number of nitrogen functional groups attached to an aromatic ring is 1. The van der Waals surface area contributed by atoms with E-state index in [1.165, 1.54) is 11.3 Å². The van der Waals surface area contributed by atoms with Gasteiger partial charge in [0.25, 0.3) is 0 Å². The van der Waals surface area contributed by atoms with Gasteiger partial charge in [-0.25, -0.2) is 0 Å². The Morgan fingerprint density at radius 2 is 1.86 bits per heavy atom. The molecule has 4 heteroatoms. The Morgan fingerprint density at radius 3 is 2.59 bits per heavy atom. The lowest BCUT2D eigenvalue weighted by molar-refractivity contribution is 0.306. The highest BCUT2D eigenvalue weighted by atomic mass is 32.1. The molecule has 0 aliphatic rings. The van der Waals surface area contributed by atoms with E-state index in [1.807, 2.05) is 60.7 Å². The fourth-order valence-electron chi connectivity index (χ4n) is 2.14. The van der Waals surface area contributed by atoms with Crippen molar-refractivity contribution in [2.24, 2.45) is 0 Å². The third-order valence-electron chi connectivity index (χ3n) is 3.18. The van der Waals surface area contributed by atoms with Crippen LogP contribution in [0, 0.1) is 11.3 Å². The lowest BCUT2D eigenvalue weighted by Gasteiger charge is -2.09. The fraction of sp³-hybridized carbons (Fsp3) is 0.0556. The van der Waals surface area contributed by atoms with Gasteiger partial charge in [-0.1, -0.05) is 30.3 Å². The highest BCUT2D eigenvalue weighted by molar-refractivity contribution is 7.16. The van der Waals surface area contributed by atoms with Crippen molar-refractivity contribution in [3.63, 3.8) is 0 Å². The molecule has 2 aromatic carbocycles. The van der Waals surface area contributed by atoms with E-state index in [9.17, 15) is 0 Å². The largest absolute Gasteiger partial charge is 0.489 e. The number of hydrogen-bond acceptors (Lipinski definition) is 4. The summed E-state index contributed by atoms with van der Waals surface area (Å²) in [4.78, 5) is 1.69. The van der Waals surface area contributed by atoms with Gasteiger partial charge in [-0.2, -0.15) is 5.26 Å². The molecule has 0 aliphatic carbocycles. The Morgan fingerprint density at radius 1 is 1.05 bits per heavy atom. The average Bonchev–Trinajstić information content (AvgIpc) is 3.03. The van der Waals surface area contributed by atoms with Crippen molar-refractivity contribution in [2.45, 2.75) is 6.61 Å². The monoisotopic (exact) mass is 306 g/mol. The van der Waals surface area contributed by atoms with E-state index in [0.717, 1.165) is 21.8 Å². The molecule has 1 heterocycles. The van der Waals surface area contributed by atoms with E-state index in [4.69, 9.17) is 15.7 Å². The van der Waals surface area contributed by atoms with Crippen LogP contribution in [0.3, 0.4) is 0 Å². The lowest BCUT2D eigenvalue weighted by atomic mass is 10.1. The van der Waals surface area contributed by atoms with Crippen LogP contribution in [0.25, 0.3) is 10.4 Å². The summed E-state index contributed by atoms with van der Waals surface area (Å²) < 4.78 is 5.83. The van der Waals surface area contributed by atoms with Crippen molar-refractivity contribution in [1.29, 1.82) is 5.26 Å². The summed E-state index contributed by atoms with van der Waals surface area (Å²) in [5, 5.41) is 8.93.